The van der Waals surface area contributed by atoms with E-state index in [-0.39, 0.29) is 0 Å². The lowest BCUT2D eigenvalue weighted by atomic mass is 10.0. The first kappa shape index (κ1) is 15.7. The number of halogens is 2. The second kappa shape index (κ2) is 6.61. The van der Waals surface area contributed by atoms with E-state index in [9.17, 15) is 0 Å². The van der Waals surface area contributed by atoms with E-state index < -0.39 is 0 Å². The summed E-state index contributed by atoms with van der Waals surface area (Å²) in [5, 5.41) is 9.20. The number of rotatable bonds is 2. The van der Waals surface area contributed by atoms with Gasteiger partial charge in [0.25, 0.3) is 0 Å². The minimum absolute atomic E-state index is 0.718. The van der Waals surface area contributed by atoms with Crippen LogP contribution in [0.4, 0.5) is 5.82 Å². The van der Waals surface area contributed by atoms with Crippen LogP contribution in [0.1, 0.15) is 18.4 Å². The summed E-state index contributed by atoms with van der Waals surface area (Å²) in [6.07, 6.45) is 3.38. The van der Waals surface area contributed by atoms with Crippen LogP contribution in [-0.2, 0) is 6.42 Å². The van der Waals surface area contributed by atoms with Gasteiger partial charge in [-0.2, -0.15) is 5.10 Å². The Hall–Kier alpha value is -1.78. The van der Waals surface area contributed by atoms with Crippen LogP contribution < -0.4 is 5.32 Å². The van der Waals surface area contributed by atoms with Crippen molar-refractivity contribution >= 4 is 33.3 Å². The van der Waals surface area contributed by atoms with E-state index in [0.29, 0.717) is 0 Å². The third kappa shape index (κ3) is 2.96. The maximum absolute atomic E-state index is 6.18. The predicted molar refractivity (Wildman–Crippen MR) is 103 cm³/mol. The monoisotopic (exact) mass is 401 g/mol. The summed E-state index contributed by atoms with van der Waals surface area (Å²) in [7, 11) is 0. The highest BCUT2D eigenvalue weighted by Crippen LogP contribution is 2.34. The van der Waals surface area contributed by atoms with Gasteiger partial charge in [-0.15, -0.1) is 0 Å². The Labute approximate surface area is 154 Å². The van der Waals surface area contributed by atoms with Gasteiger partial charge in [0.2, 0.25) is 0 Å². The molecule has 0 aliphatic carbocycles. The molecule has 1 N–H and O–H groups in total. The summed E-state index contributed by atoms with van der Waals surface area (Å²) < 4.78 is 3.06. The number of nitrogens with zero attached hydrogens (tertiary/aromatic N) is 2. The molecule has 3 aromatic rings. The van der Waals surface area contributed by atoms with E-state index >= 15 is 0 Å². The summed E-state index contributed by atoms with van der Waals surface area (Å²) in [6, 6.07) is 16.2. The summed E-state index contributed by atoms with van der Waals surface area (Å²) in [4.78, 5) is 0. The number of nitrogens with one attached hydrogen (secondary N) is 1. The van der Waals surface area contributed by atoms with Gasteiger partial charge in [-0.25, -0.2) is 4.68 Å². The fourth-order valence-corrected chi connectivity index (χ4v) is 3.59. The van der Waals surface area contributed by atoms with Crippen molar-refractivity contribution in [1.82, 2.24) is 9.78 Å². The van der Waals surface area contributed by atoms with Crippen LogP contribution in [0.25, 0.3) is 16.9 Å². The molecule has 0 radical (unpaired) electrons. The van der Waals surface area contributed by atoms with Crippen molar-refractivity contribution in [2.75, 3.05) is 11.9 Å². The van der Waals surface area contributed by atoms with Gasteiger partial charge in [-0.05, 0) is 49.6 Å². The molecule has 0 saturated heterocycles. The van der Waals surface area contributed by atoms with Crippen LogP contribution in [0.5, 0.6) is 0 Å². The number of anilines is 1. The fourth-order valence-electron chi connectivity index (χ4n) is 3.14. The lowest BCUT2D eigenvalue weighted by Gasteiger charge is -2.09. The summed E-state index contributed by atoms with van der Waals surface area (Å²) >= 11 is 9.69. The van der Waals surface area contributed by atoms with E-state index in [1.54, 1.807) is 0 Å². The zero-order valence-corrected chi connectivity index (χ0v) is 15.4. The van der Waals surface area contributed by atoms with Crippen LogP contribution in [0.2, 0.25) is 5.02 Å². The molecule has 5 heteroatoms. The minimum atomic E-state index is 0.718. The molecule has 0 saturated carbocycles. The SMILES string of the molecule is Clc1cccc(-n2nc(-c3ccc(Br)cc3)c3c2NCCCC3)c1. The Kier molecular flexibility index (Phi) is 4.33. The third-order valence-electron chi connectivity index (χ3n) is 4.30. The molecule has 1 aliphatic rings. The molecule has 4 rings (SSSR count). The molecule has 1 aliphatic heterocycles. The molecule has 0 bridgehead atoms. The second-order valence-electron chi connectivity index (χ2n) is 5.96. The van der Waals surface area contributed by atoms with Crippen LogP contribution >= 0.6 is 27.5 Å². The van der Waals surface area contributed by atoms with Crippen molar-refractivity contribution in [3.05, 3.63) is 63.6 Å². The lowest BCUT2D eigenvalue weighted by Crippen LogP contribution is -2.07. The van der Waals surface area contributed by atoms with Crippen LogP contribution in [-0.4, -0.2) is 16.3 Å². The molecule has 0 unspecified atom stereocenters. The van der Waals surface area contributed by atoms with Gasteiger partial charge in [0.15, 0.2) is 0 Å². The zero-order chi connectivity index (χ0) is 16.5. The molecule has 3 nitrogen and oxygen atoms in total. The zero-order valence-electron chi connectivity index (χ0n) is 13.1. The summed E-state index contributed by atoms with van der Waals surface area (Å²) in [5.41, 5.74) is 4.46. The average molecular weight is 403 g/mol. The standard InChI is InChI=1S/C19H17BrClN3/c20-14-9-7-13(8-10-14)18-17-6-1-2-11-22-19(17)24(23-18)16-5-3-4-15(21)12-16/h3-5,7-10,12,22H,1-2,6,11H2. The molecule has 122 valence electrons. The Morgan fingerprint density at radius 1 is 1.08 bits per heavy atom. The molecule has 24 heavy (non-hydrogen) atoms. The van der Waals surface area contributed by atoms with E-state index in [1.165, 1.54) is 18.4 Å². The minimum Gasteiger partial charge on any atom is -0.370 e. The van der Waals surface area contributed by atoms with Crippen molar-refractivity contribution in [2.45, 2.75) is 19.3 Å². The molecule has 0 amide bonds. The first-order chi connectivity index (χ1) is 11.7. The van der Waals surface area contributed by atoms with E-state index in [0.717, 1.165) is 45.2 Å². The maximum atomic E-state index is 6.18. The van der Waals surface area contributed by atoms with E-state index in [1.807, 2.05) is 28.9 Å². The predicted octanol–water partition coefficient (Wildman–Crippen LogP) is 5.70. The number of fused-ring (bicyclic) bond motifs is 1. The van der Waals surface area contributed by atoms with Crippen molar-refractivity contribution < 1.29 is 0 Å². The van der Waals surface area contributed by atoms with E-state index in [2.05, 4.69) is 45.5 Å². The first-order valence-corrected chi connectivity index (χ1v) is 9.27. The molecule has 2 heterocycles. The Morgan fingerprint density at radius 3 is 2.71 bits per heavy atom. The summed E-state index contributed by atoms with van der Waals surface area (Å²) in [6.45, 7) is 0.971. The second-order valence-corrected chi connectivity index (χ2v) is 7.31. The molecule has 0 spiro atoms. The lowest BCUT2D eigenvalue weighted by molar-refractivity contribution is 0.780. The largest absolute Gasteiger partial charge is 0.370 e. The number of aromatic nitrogens is 2. The molecule has 1 aromatic heterocycles. The topological polar surface area (TPSA) is 29.9 Å². The third-order valence-corrected chi connectivity index (χ3v) is 5.06. The quantitative estimate of drug-likeness (QED) is 0.595. The molecular formula is C19H17BrClN3. The average Bonchev–Trinajstić information content (AvgIpc) is 2.77. The Bertz CT molecular complexity index is 871. The molecule has 0 atom stereocenters. The maximum Gasteiger partial charge on any atom is 0.133 e. The van der Waals surface area contributed by atoms with Gasteiger partial charge >= 0.3 is 0 Å². The number of hydrogen-bond acceptors (Lipinski definition) is 2. The van der Waals surface area contributed by atoms with Gasteiger partial charge in [-0.3, -0.25) is 0 Å². The normalized spacial score (nSPS) is 13.9. The fraction of sp³-hybridized carbons (Fsp3) is 0.211. The van der Waals surface area contributed by atoms with Crippen LogP contribution in [0.3, 0.4) is 0 Å². The molecular weight excluding hydrogens is 386 g/mol. The van der Waals surface area contributed by atoms with Gasteiger partial charge in [0, 0.05) is 27.2 Å². The highest BCUT2D eigenvalue weighted by molar-refractivity contribution is 9.10. The van der Waals surface area contributed by atoms with Crippen molar-refractivity contribution in [3.63, 3.8) is 0 Å². The number of benzene rings is 2. The highest BCUT2D eigenvalue weighted by atomic mass is 79.9. The van der Waals surface area contributed by atoms with E-state index in [4.69, 9.17) is 16.7 Å². The Morgan fingerprint density at radius 2 is 1.92 bits per heavy atom. The molecule has 2 aromatic carbocycles. The van der Waals surface area contributed by atoms with Crippen molar-refractivity contribution in [1.29, 1.82) is 0 Å². The first-order valence-electron chi connectivity index (χ1n) is 8.10. The smallest absolute Gasteiger partial charge is 0.133 e. The van der Waals surface area contributed by atoms with Crippen molar-refractivity contribution in [2.24, 2.45) is 0 Å². The van der Waals surface area contributed by atoms with Crippen molar-refractivity contribution in [3.8, 4) is 16.9 Å². The highest BCUT2D eigenvalue weighted by Gasteiger charge is 2.21. The van der Waals surface area contributed by atoms with Crippen LogP contribution in [0.15, 0.2) is 53.0 Å². The van der Waals surface area contributed by atoms with Gasteiger partial charge in [-0.1, -0.05) is 45.7 Å². The van der Waals surface area contributed by atoms with Gasteiger partial charge < -0.3 is 5.32 Å². The van der Waals surface area contributed by atoms with Crippen LogP contribution in [0, 0.1) is 0 Å². The van der Waals surface area contributed by atoms with Gasteiger partial charge in [0.05, 0.1) is 11.4 Å². The number of hydrogen-bond donors (Lipinski definition) is 1. The molecule has 0 fully saturated rings. The summed E-state index contributed by atoms with van der Waals surface area (Å²) in [5.74, 6) is 1.09. The van der Waals surface area contributed by atoms with Gasteiger partial charge in [0.1, 0.15) is 5.82 Å². The Balaban J connectivity index is 1.90.